The zero-order valence-corrected chi connectivity index (χ0v) is 23.5. The second-order valence-corrected chi connectivity index (χ2v) is 11.3. The van der Waals surface area contributed by atoms with Gasteiger partial charge in [-0.15, -0.1) is 0 Å². The van der Waals surface area contributed by atoms with Gasteiger partial charge in [-0.2, -0.15) is 5.10 Å². The molecule has 0 unspecified atom stereocenters. The minimum Gasteiger partial charge on any atom is -0.464 e. The Morgan fingerprint density at radius 1 is 0.929 bits per heavy atom. The Balaban J connectivity index is 1.23. The van der Waals surface area contributed by atoms with E-state index >= 15 is 0 Å². The van der Waals surface area contributed by atoms with E-state index in [1.54, 1.807) is 73.2 Å². The predicted molar refractivity (Wildman–Crippen MR) is 154 cm³/mol. The molecule has 2 N–H and O–H groups in total. The SMILES string of the molecule is CC(C)(C)OC(=O)N1CCN(c2ccc(N3CCc4c(C(N)=O)nn(-c5ccc6occc6c5)c4C3=O)cc2)C(=O)C1. The van der Waals surface area contributed by atoms with Crippen molar-refractivity contribution in [3.05, 3.63) is 71.7 Å². The maximum absolute atomic E-state index is 13.9. The Labute approximate surface area is 241 Å². The van der Waals surface area contributed by atoms with Crippen LogP contribution < -0.4 is 15.5 Å². The molecule has 0 aliphatic carbocycles. The van der Waals surface area contributed by atoms with Gasteiger partial charge < -0.3 is 24.7 Å². The fourth-order valence-electron chi connectivity index (χ4n) is 5.32. The number of carbonyl (C=O) groups is 4. The van der Waals surface area contributed by atoms with Crippen LogP contribution in [0.15, 0.2) is 59.2 Å². The summed E-state index contributed by atoms with van der Waals surface area (Å²) in [5.41, 5.74) is 8.42. The highest BCUT2D eigenvalue weighted by molar-refractivity contribution is 6.10. The van der Waals surface area contributed by atoms with Crippen LogP contribution in [0.3, 0.4) is 0 Å². The minimum atomic E-state index is -0.698. The molecule has 4 heterocycles. The molecule has 2 aliphatic rings. The van der Waals surface area contributed by atoms with Crippen LogP contribution in [-0.4, -0.2) is 70.3 Å². The van der Waals surface area contributed by atoms with E-state index in [2.05, 4.69) is 5.10 Å². The van der Waals surface area contributed by atoms with Gasteiger partial charge in [-0.25, -0.2) is 9.48 Å². The average molecular weight is 571 g/mol. The lowest BCUT2D eigenvalue weighted by Gasteiger charge is -2.35. The topological polar surface area (TPSA) is 144 Å². The molecule has 2 aliphatic heterocycles. The first kappa shape index (κ1) is 27.1. The van der Waals surface area contributed by atoms with Gasteiger partial charge in [0.05, 0.1) is 12.0 Å². The summed E-state index contributed by atoms with van der Waals surface area (Å²) in [4.78, 5) is 56.0. The molecular formula is C30H30N6O6. The zero-order valence-electron chi connectivity index (χ0n) is 23.5. The maximum atomic E-state index is 13.9. The first-order valence-corrected chi connectivity index (χ1v) is 13.6. The Bertz CT molecular complexity index is 1730. The number of carbonyl (C=O) groups excluding carboxylic acids is 4. The molecule has 0 spiro atoms. The molecular weight excluding hydrogens is 540 g/mol. The molecule has 4 amide bonds. The highest BCUT2D eigenvalue weighted by Gasteiger charge is 2.35. The number of furan rings is 1. The molecule has 12 heteroatoms. The van der Waals surface area contributed by atoms with E-state index < -0.39 is 17.6 Å². The van der Waals surface area contributed by atoms with E-state index in [1.165, 1.54) is 9.58 Å². The van der Waals surface area contributed by atoms with Crippen molar-refractivity contribution in [3.8, 4) is 5.69 Å². The van der Waals surface area contributed by atoms with Crippen molar-refractivity contribution in [1.82, 2.24) is 14.7 Å². The molecule has 1 saturated heterocycles. The van der Waals surface area contributed by atoms with Gasteiger partial charge in [0.25, 0.3) is 11.8 Å². The number of primary amides is 1. The number of aromatic nitrogens is 2. The number of fused-ring (bicyclic) bond motifs is 2. The Morgan fingerprint density at radius 2 is 1.62 bits per heavy atom. The summed E-state index contributed by atoms with van der Waals surface area (Å²) in [7, 11) is 0. The summed E-state index contributed by atoms with van der Waals surface area (Å²) >= 11 is 0. The third-order valence-electron chi connectivity index (χ3n) is 7.28. The molecule has 12 nitrogen and oxygen atoms in total. The van der Waals surface area contributed by atoms with Crippen LogP contribution in [0.25, 0.3) is 16.7 Å². The highest BCUT2D eigenvalue weighted by atomic mass is 16.6. The molecule has 216 valence electrons. The van der Waals surface area contributed by atoms with Crippen LogP contribution in [0.1, 0.15) is 47.3 Å². The highest BCUT2D eigenvalue weighted by Crippen LogP contribution is 2.31. The van der Waals surface area contributed by atoms with E-state index in [9.17, 15) is 19.2 Å². The van der Waals surface area contributed by atoms with Gasteiger partial charge in [0, 0.05) is 42.0 Å². The van der Waals surface area contributed by atoms with E-state index in [0.29, 0.717) is 54.3 Å². The molecule has 0 bridgehead atoms. The number of hydrogen-bond donors (Lipinski definition) is 1. The molecule has 0 saturated carbocycles. The number of nitrogens with zero attached hydrogens (tertiary/aromatic N) is 5. The minimum absolute atomic E-state index is 0.0738. The number of benzene rings is 2. The number of nitrogens with two attached hydrogens (primary N) is 1. The van der Waals surface area contributed by atoms with Crippen molar-refractivity contribution in [2.45, 2.75) is 32.8 Å². The molecule has 42 heavy (non-hydrogen) atoms. The molecule has 0 radical (unpaired) electrons. The lowest BCUT2D eigenvalue weighted by Crippen LogP contribution is -2.53. The van der Waals surface area contributed by atoms with Crippen molar-refractivity contribution in [2.24, 2.45) is 5.73 Å². The summed E-state index contributed by atoms with van der Waals surface area (Å²) in [6, 6.07) is 14.3. The van der Waals surface area contributed by atoms with Gasteiger partial charge in [-0.05, 0) is 75.7 Å². The molecule has 0 atom stereocenters. The van der Waals surface area contributed by atoms with Crippen LogP contribution in [0.2, 0.25) is 0 Å². The molecule has 4 aromatic rings. The number of anilines is 2. The molecule has 1 fully saturated rings. The summed E-state index contributed by atoms with van der Waals surface area (Å²) in [5, 5.41) is 5.26. The Kier molecular flexibility index (Phi) is 6.48. The molecule has 6 rings (SSSR count). The predicted octanol–water partition coefficient (Wildman–Crippen LogP) is 3.50. The largest absolute Gasteiger partial charge is 0.464 e. The average Bonchev–Trinajstić information content (AvgIpc) is 3.57. The first-order valence-electron chi connectivity index (χ1n) is 13.6. The van der Waals surface area contributed by atoms with Crippen molar-refractivity contribution in [1.29, 1.82) is 0 Å². The third kappa shape index (κ3) is 4.84. The van der Waals surface area contributed by atoms with Crippen LogP contribution in [0.5, 0.6) is 0 Å². The van der Waals surface area contributed by atoms with Crippen LogP contribution >= 0.6 is 0 Å². The normalized spacial score (nSPS) is 15.7. The van der Waals surface area contributed by atoms with Crippen LogP contribution in [0, 0.1) is 0 Å². The van der Waals surface area contributed by atoms with Crippen molar-refractivity contribution < 1.29 is 28.3 Å². The first-order chi connectivity index (χ1) is 20.0. The van der Waals surface area contributed by atoms with Gasteiger partial charge in [-0.3, -0.25) is 19.3 Å². The smallest absolute Gasteiger partial charge is 0.410 e. The van der Waals surface area contributed by atoms with Crippen LogP contribution in [-0.2, 0) is 16.0 Å². The van der Waals surface area contributed by atoms with Crippen molar-refractivity contribution in [2.75, 3.05) is 36.0 Å². The fourth-order valence-corrected chi connectivity index (χ4v) is 5.32. The lowest BCUT2D eigenvalue weighted by molar-refractivity contribution is -0.121. The van der Waals surface area contributed by atoms with Crippen molar-refractivity contribution >= 4 is 46.2 Å². The summed E-state index contributed by atoms with van der Waals surface area (Å²) in [6.07, 6.45) is 1.45. The summed E-state index contributed by atoms with van der Waals surface area (Å²) in [5.74, 6) is -1.24. The monoisotopic (exact) mass is 570 g/mol. The quantitative estimate of drug-likeness (QED) is 0.395. The van der Waals surface area contributed by atoms with Gasteiger partial charge in [0.1, 0.15) is 23.4 Å². The lowest BCUT2D eigenvalue weighted by atomic mass is 10.0. The number of rotatable bonds is 4. The maximum Gasteiger partial charge on any atom is 0.410 e. The number of piperazine rings is 1. The van der Waals surface area contributed by atoms with Gasteiger partial charge in [-0.1, -0.05) is 0 Å². The zero-order chi connectivity index (χ0) is 29.8. The third-order valence-corrected chi connectivity index (χ3v) is 7.28. The van der Waals surface area contributed by atoms with Gasteiger partial charge in [0.2, 0.25) is 5.91 Å². The number of ether oxygens (including phenoxy) is 1. The second-order valence-electron chi connectivity index (χ2n) is 11.3. The molecule has 2 aromatic carbocycles. The number of amides is 4. The summed E-state index contributed by atoms with van der Waals surface area (Å²) < 4.78 is 12.3. The van der Waals surface area contributed by atoms with Crippen molar-refractivity contribution in [3.63, 3.8) is 0 Å². The van der Waals surface area contributed by atoms with E-state index in [-0.39, 0.29) is 29.7 Å². The van der Waals surface area contributed by atoms with Crippen LogP contribution in [0.4, 0.5) is 16.2 Å². The second kappa shape index (κ2) is 10.1. The van der Waals surface area contributed by atoms with Gasteiger partial charge in [0.15, 0.2) is 5.69 Å². The van der Waals surface area contributed by atoms with Gasteiger partial charge >= 0.3 is 6.09 Å². The fraction of sp³-hybridized carbons (Fsp3) is 0.300. The van der Waals surface area contributed by atoms with E-state index in [4.69, 9.17) is 14.9 Å². The van der Waals surface area contributed by atoms with E-state index in [0.717, 1.165) is 5.39 Å². The Hall–Kier alpha value is -5.13. The number of hydrogen-bond acceptors (Lipinski definition) is 7. The standard InChI is InChI=1S/C30H30N6O6/c1-30(2,3)42-29(40)33-13-14-34(24(37)17-33)19-4-6-20(7-5-19)35-12-10-22-25(27(31)38)32-36(26(22)28(35)39)21-8-9-23-18(16-21)11-15-41-23/h4-9,11,15-16H,10,12-14,17H2,1-3H3,(H2,31,38). The Morgan fingerprint density at radius 3 is 2.29 bits per heavy atom. The summed E-state index contributed by atoms with van der Waals surface area (Å²) in [6.45, 7) is 6.24. The van der Waals surface area contributed by atoms with E-state index in [1.807, 2.05) is 12.1 Å². The molecule has 2 aromatic heterocycles.